The molecule has 0 aliphatic heterocycles. The third-order valence-electron chi connectivity index (χ3n) is 2.60. The third-order valence-corrected chi connectivity index (χ3v) is 2.92. The average molecular weight is 300 g/mol. The summed E-state index contributed by atoms with van der Waals surface area (Å²) in [5.41, 5.74) is 2.20. The van der Waals surface area contributed by atoms with Gasteiger partial charge in [0.2, 0.25) is 0 Å². The van der Waals surface area contributed by atoms with Crippen molar-refractivity contribution in [2.45, 2.75) is 31.6 Å². The summed E-state index contributed by atoms with van der Waals surface area (Å²) in [4.78, 5) is 13.9. The van der Waals surface area contributed by atoms with Crippen LogP contribution in [0.5, 0.6) is 0 Å². The third kappa shape index (κ3) is 5.66. The monoisotopic (exact) mass is 299 g/mol. The molecule has 0 radical (unpaired) electrons. The molecule has 0 fully saturated rings. The first-order valence-electron chi connectivity index (χ1n) is 6.15. The number of hydrogen-bond donors (Lipinski definition) is 0. The topological polar surface area (TPSA) is 20.3 Å². The Morgan fingerprint density at radius 3 is 2.32 bits per heavy atom. The van der Waals surface area contributed by atoms with Crippen LogP contribution in [-0.2, 0) is 11.3 Å². The highest BCUT2D eigenvalue weighted by Gasteiger charge is 2.31. The molecule has 0 atom stereocenters. The van der Waals surface area contributed by atoms with Gasteiger partial charge in [0.15, 0.2) is 4.33 Å². The van der Waals surface area contributed by atoms with E-state index in [2.05, 4.69) is 0 Å². The predicted molar refractivity (Wildman–Crippen MR) is 81.4 cm³/mol. The molecule has 1 aromatic carbocycles. The molecule has 0 aliphatic carbocycles. The Bertz CT molecular complexity index is 445. The van der Waals surface area contributed by atoms with Crippen LogP contribution in [0.4, 0.5) is 0 Å². The van der Waals surface area contributed by atoms with E-state index >= 15 is 0 Å². The number of carbonyl (C=O) groups is 1. The van der Waals surface area contributed by atoms with Gasteiger partial charge in [-0.2, -0.15) is 0 Å². The zero-order valence-electron chi connectivity index (χ0n) is 11.5. The summed E-state index contributed by atoms with van der Waals surface area (Å²) in [7, 11) is 0. The normalized spacial score (nSPS) is 11.0. The molecule has 19 heavy (non-hydrogen) atoms. The van der Waals surface area contributed by atoms with E-state index in [0.717, 1.165) is 11.1 Å². The summed E-state index contributed by atoms with van der Waals surface area (Å²) >= 11 is 11.8. The Balaban J connectivity index is 2.87. The molecule has 1 rings (SSSR count). The molecule has 0 aliphatic rings. The van der Waals surface area contributed by atoms with E-state index in [9.17, 15) is 4.79 Å². The van der Waals surface area contributed by atoms with Crippen molar-refractivity contribution in [2.24, 2.45) is 0 Å². The van der Waals surface area contributed by atoms with Crippen LogP contribution in [0.3, 0.4) is 0 Å². The number of allylic oxidation sites excluding steroid dienone is 1. The van der Waals surface area contributed by atoms with Gasteiger partial charge in [0.05, 0.1) is 0 Å². The highest BCUT2D eigenvalue weighted by molar-refractivity contribution is 6.57. The van der Waals surface area contributed by atoms with Crippen LogP contribution in [0.15, 0.2) is 42.0 Å². The molecule has 0 saturated heterocycles. The quantitative estimate of drug-likeness (QED) is 0.590. The standard InChI is InChI=1S/C15H19Cl2NO/c1-12(2)9-10-18(14(19)15(3,16)17)11-13-7-5-4-6-8-13/h4-9H,10-11H2,1-3H3. The smallest absolute Gasteiger partial charge is 0.259 e. The molecule has 4 heteroatoms. The largest absolute Gasteiger partial charge is 0.332 e. The number of benzene rings is 1. The lowest BCUT2D eigenvalue weighted by molar-refractivity contribution is -0.131. The fourth-order valence-corrected chi connectivity index (χ4v) is 1.83. The number of halogens is 2. The molecule has 1 aromatic rings. The fraction of sp³-hybridized carbons (Fsp3) is 0.400. The molecule has 0 spiro atoms. The first-order chi connectivity index (χ1) is 8.80. The van der Waals surface area contributed by atoms with Crippen molar-refractivity contribution < 1.29 is 4.79 Å². The van der Waals surface area contributed by atoms with Gasteiger partial charge in [0.25, 0.3) is 5.91 Å². The van der Waals surface area contributed by atoms with Crippen LogP contribution < -0.4 is 0 Å². The maximum Gasteiger partial charge on any atom is 0.259 e. The van der Waals surface area contributed by atoms with E-state index in [1.807, 2.05) is 50.3 Å². The Morgan fingerprint density at radius 1 is 1.26 bits per heavy atom. The number of alkyl halides is 2. The number of nitrogens with zero attached hydrogens (tertiary/aromatic N) is 1. The SMILES string of the molecule is CC(C)=CCN(Cc1ccccc1)C(=O)C(C)(Cl)Cl. The van der Waals surface area contributed by atoms with Crippen LogP contribution in [0.25, 0.3) is 0 Å². The van der Waals surface area contributed by atoms with E-state index in [-0.39, 0.29) is 5.91 Å². The second-order valence-electron chi connectivity index (χ2n) is 4.84. The van der Waals surface area contributed by atoms with Crippen LogP contribution in [0, 0.1) is 0 Å². The van der Waals surface area contributed by atoms with Crippen LogP contribution in [-0.4, -0.2) is 21.7 Å². The Kier molecular flexibility index (Phi) is 5.89. The fourth-order valence-electron chi connectivity index (χ4n) is 1.59. The molecule has 2 nitrogen and oxygen atoms in total. The first-order valence-corrected chi connectivity index (χ1v) is 6.91. The van der Waals surface area contributed by atoms with E-state index in [4.69, 9.17) is 23.2 Å². The van der Waals surface area contributed by atoms with Gasteiger partial charge < -0.3 is 4.90 Å². The van der Waals surface area contributed by atoms with Gasteiger partial charge in [-0.15, -0.1) is 0 Å². The summed E-state index contributed by atoms with van der Waals surface area (Å²) in [5.74, 6) is -0.280. The first kappa shape index (κ1) is 16.1. The van der Waals surface area contributed by atoms with Crippen LogP contribution >= 0.6 is 23.2 Å². The van der Waals surface area contributed by atoms with Crippen molar-refractivity contribution in [1.82, 2.24) is 4.90 Å². The Hall–Kier alpha value is -0.990. The molecular formula is C15H19Cl2NO. The van der Waals surface area contributed by atoms with Crippen LogP contribution in [0.1, 0.15) is 26.3 Å². The van der Waals surface area contributed by atoms with Gasteiger partial charge in [-0.1, -0.05) is 65.2 Å². The van der Waals surface area contributed by atoms with E-state index in [1.54, 1.807) is 4.90 Å². The van der Waals surface area contributed by atoms with Gasteiger partial charge in [0.1, 0.15) is 0 Å². The summed E-state index contributed by atoms with van der Waals surface area (Å²) in [6, 6.07) is 9.78. The molecule has 0 heterocycles. The van der Waals surface area contributed by atoms with Gasteiger partial charge in [-0.25, -0.2) is 0 Å². The molecule has 0 saturated carbocycles. The summed E-state index contributed by atoms with van der Waals surface area (Å²) in [5, 5.41) is 0. The molecule has 104 valence electrons. The van der Waals surface area contributed by atoms with E-state index < -0.39 is 4.33 Å². The lowest BCUT2D eigenvalue weighted by Gasteiger charge is -2.26. The Morgan fingerprint density at radius 2 is 1.84 bits per heavy atom. The molecule has 0 aromatic heterocycles. The predicted octanol–water partition coefficient (Wildman–Crippen LogP) is 4.18. The van der Waals surface area contributed by atoms with Crippen molar-refractivity contribution in [3.8, 4) is 0 Å². The van der Waals surface area contributed by atoms with Crippen molar-refractivity contribution in [1.29, 1.82) is 0 Å². The molecular weight excluding hydrogens is 281 g/mol. The number of hydrogen-bond acceptors (Lipinski definition) is 1. The van der Waals surface area contributed by atoms with Crippen molar-refractivity contribution >= 4 is 29.1 Å². The van der Waals surface area contributed by atoms with Crippen molar-refractivity contribution in [3.05, 3.63) is 47.5 Å². The molecule has 1 amide bonds. The lowest BCUT2D eigenvalue weighted by Crippen LogP contribution is -2.40. The zero-order chi connectivity index (χ0) is 14.5. The molecule has 0 N–H and O–H groups in total. The van der Waals surface area contributed by atoms with Crippen molar-refractivity contribution in [2.75, 3.05) is 6.54 Å². The Labute approximate surface area is 125 Å². The molecule has 0 unspecified atom stereocenters. The maximum absolute atomic E-state index is 12.2. The summed E-state index contributed by atoms with van der Waals surface area (Å²) in [6.45, 7) is 6.49. The maximum atomic E-state index is 12.2. The summed E-state index contributed by atoms with van der Waals surface area (Å²) < 4.78 is -1.40. The number of carbonyl (C=O) groups excluding carboxylic acids is 1. The van der Waals surface area contributed by atoms with Gasteiger partial charge in [-0.05, 0) is 26.3 Å². The minimum atomic E-state index is -1.40. The van der Waals surface area contributed by atoms with E-state index in [1.165, 1.54) is 6.92 Å². The zero-order valence-corrected chi connectivity index (χ0v) is 13.0. The molecule has 0 bridgehead atoms. The number of rotatable bonds is 5. The minimum Gasteiger partial charge on any atom is -0.332 e. The number of amides is 1. The van der Waals surface area contributed by atoms with Crippen molar-refractivity contribution in [3.63, 3.8) is 0 Å². The average Bonchev–Trinajstić information content (AvgIpc) is 2.33. The van der Waals surface area contributed by atoms with Gasteiger partial charge in [-0.3, -0.25) is 4.79 Å². The van der Waals surface area contributed by atoms with E-state index in [0.29, 0.717) is 13.1 Å². The van der Waals surface area contributed by atoms with Gasteiger partial charge >= 0.3 is 0 Å². The second kappa shape index (κ2) is 6.97. The highest BCUT2D eigenvalue weighted by Crippen LogP contribution is 2.23. The van der Waals surface area contributed by atoms with Crippen LogP contribution in [0.2, 0.25) is 0 Å². The lowest BCUT2D eigenvalue weighted by atomic mass is 10.2. The second-order valence-corrected chi connectivity index (χ2v) is 6.55. The highest BCUT2D eigenvalue weighted by atomic mass is 35.5. The van der Waals surface area contributed by atoms with Gasteiger partial charge in [0, 0.05) is 13.1 Å². The minimum absolute atomic E-state index is 0.280. The summed E-state index contributed by atoms with van der Waals surface area (Å²) in [6.07, 6.45) is 1.99.